The van der Waals surface area contributed by atoms with Crippen LogP contribution in [0.2, 0.25) is 0 Å². The number of fused-ring (bicyclic) bond motifs is 2. The third-order valence-electron chi connectivity index (χ3n) is 11.2. The van der Waals surface area contributed by atoms with Gasteiger partial charge in [0.1, 0.15) is 11.6 Å². The van der Waals surface area contributed by atoms with Crippen molar-refractivity contribution in [2.45, 2.75) is 108 Å². The first kappa shape index (κ1) is 35.8. The van der Waals surface area contributed by atoms with Crippen LogP contribution < -0.4 is 15.4 Å². The molecule has 0 spiro atoms. The zero-order chi connectivity index (χ0) is 35.8. The van der Waals surface area contributed by atoms with Crippen LogP contribution in [-0.2, 0) is 35.6 Å². The first-order chi connectivity index (χ1) is 23.7. The van der Waals surface area contributed by atoms with Crippen molar-refractivity contribution in [3.8, 4) is 11.3 Å². The largest absolute Gasteiger partial charge is 0.446 e. The summed E-state index contributed by atoms with van der Waals surface area (Å²) in [5.74, 6) is -3.28. The van der Waals surface area contributed by atoms with Crippen LogP contribution >= 0.6 is 0 Å². The number of pyridine rings is 1. The molecule has 12 nitrogen and oxygen atoms in total. The first-order valence-electron chi connectivity index (χ1n) is 17.9. The van der Waals surface area contributed by atoms with Crippen molar-refractivity contribution in [1.29, 1.82) is 0 Å². The van der Waals surface area contributed by atoms with Gasteiger partial charge in [0.2, 0.25) is 21.8 Å². The topological polar surface area (TPSA) is 164 Å². The second-order valence-electron chi connectivity index (χ2n) is 15.0. The van der Waals surface area contributed by atoms with E-state index in [1.807, 2.05) is 50.2 Å². The number of aromatic nitrogens is 1. The predicted molar refractivity (Wildman–Crippen MR) is 188 cm³/mol. The molecule has 3 N–H and O–H groups in total. The Kier molecular flexibility index (Phi) is 10.00. The molecule has 0 bridgehead atoms. The van der Waals surface area contributed by atoms with Gasteiger partial charge in [0.05, 0.1) is 28.0 Å². The lowest BCUT2D eigenvalue weighted by molar-refractivity contribution is -0.140. The number of hydrogen-bond donors (Lipinski definition) is 3. The molecular formula is C37H49N5O7S. The Labute approximate surface area is 294 Å². The van der Waals surface area contributed by atoms with Gasteiger partial charge in [0, 0.05) is 24.8 Å². The van der Waals surface area contributed by atoms with Crippen molar-refractivity contribution in [2.75, 3.05) is 18.9 Å². The van der Waals surface area contributed by atoms with Crippen LogP contribution in [0.4, 0.5) is 10.5 Å². The highest BCUT2D eigenvalue weighted by atomic mass is 32.2. The normalized spacial score (nSPS) is 28.0. The van der Waals surface area contributed by atoms with Crippen LogP contribution in [0, 0.1) is 24.7 Å². The minimum atomic E-state index is -3.91. The molecule has 270 valence electrons. The number of ether oxygens (including phenoxy) is 1. The molecule has 13 heteroatoms. The molecular weight excluding hydrogens is 659 g/mol. The van der Waals surface area contributed by atoms with E-state index in [0.717, 1.165) is 48.9 Å². The molecule has 6 rings (SSSR count). The highest BCUT2D eigenvalue weighted by molar-refractivity contribution is 7.91. The number of anilines is 1. The van der Waals surface area contributed by atoms with Crippen LogP contribution in [-0.4, -0.2) is 72.1 Å². The second kappa shape index (κ2) is 14.0. The zero-order valence-corrected chi connectivity index (χ0v) is 30.2. The number of carbonyl (C=O) groups excluding carboxylic acids is 4. The smallest absolute Gasteiger partial charge is 0.411 e. The van der Waals surface area contributed by atoms with Crippen molar-refractivity contribution in [1.82, 2.24) is 19.9 Å². The minimum Gasteiger partial charge on any atom is -0.446 e. The predicted octanol–water partition coefficient (Wildman–Crippen LogP) is 4.86. The lowest BCUT2D eigenvalue weighted by atomic mass is 9.92. The average Bonchev–Trinajstić information content (AvgIpc) is 3.96. The zero-order valence-electron chi connectivity index (χ0n) is 29.4. The van der Waals surface area contributed by atoms with E-state index in [0.29, 0.717) is 43.6 Å². The highest BCUT2D eigenvalue weighted by Gasteiger charge is 2.63. The Morgan fingerprint density at radius 1 is 1.06 bits per heavy atom. The number of nitrogens with zero attached hydrogens (tertiary/aromatic N) is 2. The quantitative estimate of drug-likeness (QED) is 0.368. The molecule has 4 fully saturated rings. The van der Waals surface area contributed by atoms with Gasteiger partial charge in [-0.25, -0.2) is 13.2 Å². The van der Waals surface area contributed by atoms with Crippen LogP contribution in [0.5, 0.6) is 0 Å². The maximum atomic E-state index is 14.1. The summed E-state index contributed by atoms with van der Waals surface area (Å²) in [7, 11) is -2.19. The molecule has 50 heavy (non-hydrogen) atoms. The first-order valence-corrected chi connectivity index (χ1v) is 19.4. The van der Waals surface area contributed by atoms with E-state index in [-0.39, 0.29) is 24.7 Å². The third kappa shape index (κ3) is 7.38. The van der Waals surface area contributed by atoms with E-state index in [2.05, 4.69) is 15.4 Å². The maximum Gasteiger partial charge on any atom is 0.411 e. The molecule has 2 aromatic rings. The van der Waals surface area contributed by atoms with Crippen molar-refractivity contribution >= 4 is 39.5 Å². The second-order valence-corrected chi connectivity index (χ2v) is 17.2. The average molecular weight is 708 g/mol. The van der Waals surface area contributed by atoms with Crippen LogP contribution in [0.1, 0.15) is 89.3 Å². The molecule has 1 aliphatic heterocycles. The highest BCUT2D eigenvalue weighted by Crippen LogP contribution is 2.49. The Morgan fingerprint density at radius 3 is 2.54 bits per heavy atom. The van der Waals surface area contributed by atoms with Crippen LogP contribution in [0.15, 0.2) is 36.4 Å². The van der Waals surface area contributed by atoms with Crippen LogP contribution in [0.3, 0.4) is 0 Å². The van der Waals surface area contributed by atoms with Gasteiger partial charge in [0.25, 0.3) is 5.91 Å². The van der Waals surface area contributed by atoms with Crippen molar-refractivity contribution in [3.63, 3.8) is 0 Å². The molecule has 1 aromatic carbocycles. The fraction of sp³-hybridized carbons (Fsp3) is 0.595. The standard InChI is InChI=1S/C37H49N5O7S/c1-5-25-12-10-13-30(38-25)27-15-14-23(2)19-31(27)39-35(46)49-26-20-28-29(21-26)33(44)42(4)18-9-7-6-8-11-24-22-37(24,40-32(28)43)34(45)41-50(47,48)36(3)16-17-36/h10,12-15,19,24,26,28-29H,5-9,11,16-18,20-22H2,1-4H3,(H,39,46)(H,40,43)(H,41,45)/t24-,26-,28-,29-,37-/m1/s1. The molecule has 4 aliphatic rings. The van der Waals surface area contributed by atoms with E-state index in [9.17, 15) is 27.6 Å². The Hall–Kier alpha value is -4.00. The number of carbonyl (C=O) groups is 4. The summed E-state index contributed by atoms with van der Waals surface area (Å²) >= 11 is 0. The molecule has 1 aromatic heterocycles. The molecule has 5 atom stereocenters. The maximum absolute atomic E-state index is 14.1. The van der Waals surface area contributed by atoms with Gasteiger partial charge in [-0.3, -0.25) is 29.4 Å². The summed E-state index contributed by atoms with van der Waals surface area (Å²) in [6.45, 7) is 6.10. The lowest BCUT2D eigenvalue weighted by Crippen LogP contribution is -2.55. The Balaban J connectivity index is 1.20. The number of hydrogen-bond acceptors (Lipinski definition) is 8. The molecule has 3 aliphatic carbocycles. The van der Waals surface area contributed by atoms with Crippen molar-refractivity contribution in [3.05, 3.63) is 47.7 Å². The van der Waals surface area contributed by atoms with Gasteiger partial charge in [-0.05, 0) is 94.9 Å². The summed E-state index contributed by atoms with van der Waals surface area (Å²) in [4.78, 5) is 61.3. The fourth-order valence-corrected chi connectivity index (χ4v) is 8.81. The van der Waals surface area contributed by atoms with Gasteiger partial charge in [-0.2, -0.15) is 0 Å². The summed E-state index contributed by atoms with van der Waals surface area (Å²) in [5.41, 5.74) is 2.47. The van der Waals surface area contributed by atoms with Crippen molar-refractivity contribution in [2.24, 2.45) is 17.8 Å². The van der Waals surface area contributed by atoms with E-state index < -0.39 is 56.2 Å². The van der Waals surface area contributed by atoms with Gasteiger partial charge in [-0.1, -0.05) is 44.4 Å². The molecule has 0 unspecified atom stereocenters. The summed E-state index contributed by atoms with van der Waals surface area (Å²) < 4.78 is 33.2. The molecule has 2 heterocycles. The number of nitrogens with one attached hydrogen (secondary N) is 3. The monoisotopic (exact) mass is 707 g/mol. The SMILES string of the molecule is CCc1cccc(-c2ccc(C)cc2NC(=O)O[C@@H]2C[C@H]3C(=O)N[C@]4(C(=O)NS(=O)(=O)C5(C)CC5)C[C@H]4CCCCCCN(C)C(=O)[C@@H]3C2)n1. The minimum absolute atomic E-state index is 0.0863. The summed E-state index contributed by atoms with van der Waals surface area (Å²) in [5, 5.41) is 5.80. The number of amides is 4. The van der Waals surface area contributed by atoms with E-state index in [4.69, 9.17) is 9.72 Å². The number of rotatable bonds is 7. The number of aryl methyl sites for hydroxylation is 2. The van der Waals surface area contributed by atoms with E-state index >= 15 is 0 Å². The molecule has 4 amide bonds. The molecule has 0 radical (unpaired) electrons. The molecule has 3 saturated carbocycles. The van der Waals surface area contributed by atoms with E-state index in [1.54, 1.807) is 18.9 Å². The lowest BCUT2D eigenvalue weighted by Gasteiger charge is -2.27. The van der Waals surface area contributed by atoms with Gasteiger partial charge < -0.3 is 15.0 Å². The Bertz CT molecular complexity index is 1780. The number of sulfonamides is 1. The molecule has 1 saturated heterocycles. The van der Waals surface area contributed by atoms with Crippen LogP contribution in [0.25, 0.3) is 11.3 Å². The summed E-state index contributed by atoms with van der Waals surface area (Å²) in [6, 6.07) is 11.4. The van der Waals surface area contributed by atoms with Gasteiger partial charge >= 0.3 is 6.09 Å². The fourth-order valence-electron chi connectivity index (χ4n) is 7.50. The Morgan fingerprint density at radius 2 is 1.80 bits per heavy atom. The third-order valence-corrected chi connectivity index (χ3v) is 13.3. The summed E-state index contributed by atoms with van der Waals surface area (Å²) in [6.07, 6.45) is 4.94. The van der Waals surface area contributed by atoms with Gasteiger partial charge in [-0.15, -0.1) is 0 Å². The van der Waals surface area contributed by atoms with E-state index in [1.165, 1.54) is 0 Å². The van der Waals surface area contributed by atoms with Crippen molar-refractivity contribution < 1.29 is 32.3 Å². The van der Waals surface area contributed by atoms with Gasteiger partial charge in [0.15, 0.2) is 0 Å². The number of benzene rings is 1.